The van der Waals surface area contributed by atoms with E-state index < -0.39 is 0 Å². The number of rotatable bonds is 8. The van der Waals surface area contributed by atoms with Crippen molar-refractivity contribution < 1.29 is 18.7 Å². The van der Waals surface area contributed by atoms with Gasteiger partial charge >= 0.3 is 0 Å². The van der Waals surface area contributed by atoms with Crippen molar-refractivity contribution in [1.82, 2.24) is 15.1 Å². The summed E-state index contributed by atoms with van der Waals surface area (Å²) in [6, 6.07) is 28.4. The number of carbonyl (C=O) groups is 2. The molecule has 1 N–H and O–H groups in total. The second-order valence-corrected chi connectivity index (χ2v) is 11.1. The minimum atomic E-state index is -0.323. The maximum atomic E-state index is 13.8. The fraction of sp³-hybridized carbons (Fsp3) is 0.156. The monoisotopic (exact) mass is 598 g/mol. The summed E-state index contributed by atoms with van der Waals surface area (Å²) in [7, 11) is 1.61. The van der Waals surface area contributed by atoms with Crippen LogP contribution >= 0.6 is 23.4 Å². The van der Waals surface area contributed by atoms with Crippen LogP contribution in [0.5, 0.6) is 5.75 Å². The summed E-state index contributed by atoms with van der Waals surface area (Å²) < 4.78 is 12.5. The van der Waals surface area contributed by atoms with E-state index in [9.17, 15) is 9.59 Å². The molecule has 0 unspecified atom stereocenters. The number of benzene rings is 3. The Labute approximate surface area is 252 Å². The predicted octanol–water partition coefficient (Wildman–Crippen LogP) is 6.28. The molecule has 1 aliphatic heterocycles. The minimum Gasteiger partial charge on any atom is -0.497 e. The van der Waals surface area contributed by atoms with Crippen molar-refractivity contribution in [3.63, 3.8) is 0 Å². The van der Waals surface area contributed by atoms with Crippen molar-refractivity contribution in [2.24, 2.45) is 0 Å². The second kappa shape index (κ2) is 12.2. The van der Waals surface area contributed by atoms with E-state index in [2.05, 4.69) is 5.32 Å². The van der Waals surface area contributed by atoms with E-state index in [4.69, 9.17) is 25.9 Å². The molecule has 1 atom stereocenters. The summed E-state index contributed by atoms with van der Waals surface area (Å²) in [6.45, 7) is 0.0170. The molecule has 0 radical (unpaired) electrons. The number of aromatic nitrogens is 2. The van der Waals surface area contributed by atoms with Gasteiger partial charge in [0.1, 0.15) is 23.9 Å². The molecule has 8 nitrogen and oxygen atoms in total. The molecule has 0 bridgehead atoms. The zero-order valence-corrected chi connectivity index (χ0v) is 24.3. The zero-order valence-electron chi connectivity index (χ0n) is 22.7. The minimum absolute atomic E-state index is 0.146. The normalized spacial score (nSPS) is 14.8. The van der Waals surface area contributed by atoms with Crippen LogP contribution in [-0.4, -0.2) is 41.0 Å². The van der Waals surface area contributed by atoms with Gasteiger partial charge in [-0.2, -0.15) is 5.10 Å². The number of anilines is 1. The highest BCUT2D eigenvalue weighted by Gasteiger charge is 2.38. The highest BCUT2D eigenvalue weighted by Crippen LogP contribution is 2.49. The lowest BCUT2D eigenvalue weighted by atomic mass is 9.99. The van der Waals surface area contributed by atoms with E-state index in [1.807, 2.05) is 78.9 Å². The van der Waals surface area contributed by atoms with Gasteiger partial charge in [0, 0.05) is 16.1 Å². The molecule has 3 heterocycles. The third kappa shape index (κ3) is 5.53. The lowest BCUT2D eigenvalue weighted by Gasteiger charge is -2.23. The van der Waals surface area contributed by atoms with Crippen molar-refractivity contribution in [3.05, 3.63) is 119 Å². The molecular formula is C32H27ClN4O4S. The van der Waals surface area contributed by atoms with Gasteiger partial charge < -0.3 is 14.5 Å². The van der Waals surface area contributed by atoms with E-state index >= 15 is 0 Å². The molecule has 2 aromatic heterocycles. The van der Waals surface area contributed by atoms with Crippen molar-refractivity contribution >= 4 is 41.0 Å². The molecule has 10 heteroatoms. The van der Waals surface area contributed by atoms with Crippen LogP contribution in [0.1, 0.15) is 22.1 Å². The zero-order chi connectivity index (χ0) is 29.1. The van der Waals surface area contributed by atoms with E-state index in [-0.39, 0.29) is 35.9 Å². The first-order chi connectivity index (χ1) is 20.5. The van der Waals surface area contributed by atoms with Gasteiger partial charge in [0.25, 0.3) is 0 Å². The molecule has 0 spiro atoms. The van der Waals surface area contributed by atoms with Crippen LogP contribution in [0, 0.1) is 0 Å². The summed E-state index contributed by atoms with van der Waals surface area (Å²) in [5.41, 5.74) is 3.98. The Morgan fingerprint density at radius 2 is 1.81 bits per heavy atom. The highest BCUT2D eigenvalue weighted by molar-refractivity contribution is 8.00. The quantitative estimate of drug-likeness (QED) is 0.226. The molecule has 1 aliphatic rings. The average Bonchev–Trinajstić information content (AvgIpc) is 3.66. The Morgan fingerprint density at radius 1 is 1.05 bits per heavy atom. The van der Waals surface area contributed by atoms with Crippen LogP contribution < -0.4 is 15.0 Å². The van der Waals surface area contributed by atoms with Crippen molar-refractivity contribution in [3.8, 4) is 22.7 Å². The molecule has 5 aromatic rings. The molecule has 0 fully saturated rings. The number of amides is 2. The van der Waals surface area contributed by atoms with Gasteiger partial charge in [-0.05, 0) is 48.0 Å². The third-order valence-electron chi connectivity index (χ3n) is 6.98. The van der Waals surface area contributed by atoms with Crippen LogP contribution in [0.15, 0.2) is 102 Å². The van der Waals surface area contributed by atoms with E-state index in [1.165, 1.54) is 16.7 Å². The number of halogens is 1. The molecule has 6 rings (SSSR count). The summed E-state index contributed by atoms with van der Waals surface area (Å²) in [4.78, 5) is 28.6. The number of carbonyl (C=O) groups excluding carboxylic acids is 2. The number of hydrogen-bond acceptors (Lipinski definition) is 6. The molecule has 2 amide bonds. The Hall–Kier alpha value is -4.47. The number of hydrogen-bond donors (Lipinski definition) is 1. The van der Waals surface area contributed by atoms with E-state index in [1.54, 1.807) is 30.2 Å². The van der Waals surface area contributed by atoms with Gasteiger partial charge in [-0.3, -0.25) is 14.5 Å². The first-order valence-corrected chi connectivity index (χ1v) is 14.7. The van der Waals surface area contributed by atoms with Gasteiger partial charge in [0.2, 0.25) is 11.8 Å². The summed E-state index contributed by atoms with van der Waals surface area (Å²) in [6.07, 6.45) is 1.55. The smallest absolute Gasteiger partial charge is 0.240 e. The molecule has 212 valence electrons. The molecule has 0 aliphatic carbocycles. The lowest BCUT2D eigenvalue weighted by molar-refractivity contribution is -0.123. The number of fused-ring (bicyclic) bond motifs is 1. The van der Waals surface area contributed by atoms with Gasteiger partial charge in [-0.1, -0.05) is 60.1 Å². The van der Waals surface area contributed by atoms with Crippen LogP contribution in [-0.2, 0) is 16.1 Å². The first kappa shape index (κ1) is 27.7. The number of nitrogens with zero attached hydrogens (tertiary/aromatic N) is 3. The number of thioether (sulfide) groups is 1. The van der Waals surface area contributed by atoms with Gasteiger partial charge in [-0.15, -0.1) is 11.8 Å². The Balaban J connectivity index is 1.54. The Morgan fingerprint density at radius 3 is 2.52 bits per heavy atom. The van der Waals surface area contributed by atoms with Crippen molar-refractivity contribution in [2.75, 3.05) is 24.3 Å². The average molecular weight is 599 g/mol. The topological polar surface area (TPSA) is 89.6 Å². The number of ether oxygens (including phenoxy) is 1. The van der Waals surface area contributed by atoms with Crippen molar-refractivity contribution in [1.29, 1.82) is 0 Å². The Bertz CT molecular complexity index is 1700. The van der Waals surface area contributed by atoms with E-state index in [0.29, 0.717) is 33.7 Å². The van der Waals surface area contributed by atoms with Crippen LogP contribution in [0.2, 0.25) is 5.02 Å². The van der Waals surface area contributed by atoms with E-state index in [0.717, 1.165) is 16.7 Å². The molecule has 3 aromatic carbocycles. The summed E-state index contributed by atoms with van der Waals surface area (Å²) in [5, 5.41) is 8.23. The largest absolute Gasteiger partial charge is 0.497 e. The molecular weight excluding hydrogens is 572 g/mol. The maximum Gasteiger partial charge on any atom is 0.240 e. The predicted molar refractivity (Wildman–Crippen MR) is 164 cm³/mol. The third-order valence-corrected chi connectivity index (χ3v) is 8.56. The highest BCUT2D eigenvalue weighted by atomic mass is 35.5. The van der Waals surface area contributed by atoms with Crippen molar-refractivity contribution in [2.45, 2.75) is 11.8 Å². The van der Waals surface area contributed by atoms with Gasteiger partial charge in [-0.25, -0.2) is 4.68 Å². The standard InChI is InChI=1S/C32H27ClN4O4S/c1-40-23-15-13-22(14-16-23)37-32-29(30(35-37)21-8-3-2-4-9-21)31(25-11-5-6-12-26(25)33)42-20-28(39)36(32)19-27(38)34-18-24-10-7-17-41-24/h2-17,31H,18-20H2,1H3,(H,34,38)/t31-/m1/s1. The van der Waals surface area contributed by atoms with Gasteiger partial charge in [0.15, 0.2) is 0 Å². The Kier molecular flexibility index (Phi) is 8.03. The van der Waals surface area contributed by atoms with Crippen LogP contribution in [0.25, 0.3) is 16.9 Å². The SMILES string of the molecule is COc1ccc(-n2nc(-c3ccccc3)c3c2N(CC(=O)NCc2ccco2)C(=O)CS[C@@H]3c2ccccc2Cl)cc1. The van der Waals surface area contributed by atoms with Gasteiger partial charge in [0.05, 0.1) is 42.3 Å². The summed E-state index contributed by atoms with van der Waals surface area (Å²) in [5.74, 6) is 1.44. The fourth-order valence-electron chi connectivity index (χ4n) is 4.96. The molecule has 0 saturated carbocycles. The molecule has 0 saturated heterocycles. The summed E-state index contributed by atoms with van der Waals surface area (Å²) >= 11 is 8.23. The fourth-order valence-corrected chi connectivity index (χ4v) is 6.51. The number of nitrogens with one attached hydrogen (secondary N) is 1. The second-order valence-electron chi connectivity index (χ2n) is 9.61. The first-order valence-electron chi connectivity index (χ1n) is 13.3. The van der Waals surface area contributed by atoms with Crippen LogP contribution in [0.3, 0.4) is 0 Å². The molecule has 42 heavy (non-hydrogen) atoms. The lowest BCUT2D eigenvalue weighted by Crippen LogP contribution is -2.42. The number of methoxy groups -OCH3 is 1. The number of furan rings is 1. The van der Waals surface area contributed by atoms with Crippen LogP contribution in [0.4, 0.5) is 5.82 Å². The maximum absolute atomic E-state index is 13.8.